The minimum atomic E-state index is -0.539. The van der Waals surface area contributed by atoms with Crippen molar-refractivity contribution in [2.24, 2.45) is 5.73 Å². The Balaban J connectivity index is 1.78. The maximum Gasteiger partial charge on any atom is 0.248 e. The van der Waals surface area contributed by atoms with Gasteiger partial charge in [-0.15, -0.1) is 0 Å². The van der Waals surface area contributed by atoms with Gasteiger partial charge in [-0.25, -0.2) is 0 Å². The third kappa shape index (κ3) is 6.45. The quantitative estimate of drug-likeness (QED) is 0.566. The summed E-state index contributed by atoms with van der Waals surface area (Å²) in [4.78, 5) is 23.2. The largest absolute Gasteiger partial charge is 0.491 e. The van der Waals surface area contributed by atoms with Gasteiger partial charge in [0.05, 0.1) is 13.2 Å². The van der Waals surface area contributed by atoms with Crippen molar-refractivity contribution in [3.05, 3.63) is 54.1 Å². The Labute approximate surface area is 152 Å². The van der Waals surface area contributed by atoms with Gasteiger partial charge in [-0.2, -0.15) is 0 Å². The molecule has 0 saturated heterocycles. The molecule has 26 heavy (non-hydrogen) atoms. The Hall–Kier alpha value is -3.06. The number of carbonyl (C=O) groups excluding carboxylic acids is 2. The number of nitrogens with one attached hydrogen (secondary N) is 2. The van der Waals surface area contributed by atoms with Crippen LogP contribution in [0.2, 0.25) is 0 Å². The van der Waals surface area contributed by atoms with E-state index in [4.69, 9.17) is 15.2 Å². The van der Waals surface area contributed by atoms with E-state index in [1.807, 2.05) is 31.2 Å². The highest BCUT2D eigenvalue weighted by Gasteiger charge is 2.05. The van der Waals surface area contributed by atoms with Crippen LogP contribution in [0.1, 0.15) is 17.3 Å². The van der Waals surface area contributed by atoms with E-state index < -0.39 is 5.91 Å². The molecule has 138 valence electrons. The molecule has 0 aromatic heterocycles. The maximum absolute atomic E-state index is 12.0. The molecule has 2 rings (SSSR count). The topological polar surface area (TPSA) is 103 Å². The molecule has 7 heteroatoms. The smallest absolute Gasteiger partial charge is 0.248 e. The summed E-state index contributed by atoms with van der Waals surface area (Å²) in [5.74, 6) is -0.0329. The fourth-order valence-electron chi connectivity index (χ4n) is 2.17. The molecule has 2 aromatic carbocycles. The van der Waals surface area contributed by atoms with E-state index in [2.05, 4.69) is 10.6 Å². The number of ether oxygens (including phenoxy) is 2. The zero-order valence-electron chi connectivity index (χ0n) is 14.7. The molecule has 0 aliphatic heterocycles. The Bertz CT molecular complexity index is 732. The first-order chi connectivity index (χ1) is 12.6. The van der Waals surface area contributed by atoms with Crippen LogP contribution < -0.4 is 21.1 Å². The molecule has 2 aromatic rings. The average molecular weight is 357 g/mol. The number of anilines is 2. The van der Waals surface area contributed by atoms with Crippen LogP contribution in [0.5, 0.6) is 5.75 Å². The van der Waals surface area contributed by atoms with E-state index in [0.29, 0.717) is 31.1 Å². The fraction of sp³-hybridized carbons (Fsp3) is 0.263. The van der Waals surface area contributed by atoms with Gasteiger partial charge in [0, 0.05) is 23.5 Å². The van der Waals surface area contributed by atoms with Gasteiger partial charge in [0.1, 0.15) is 12.4 Å². The van der Waals surface area contributed by atoms with Crippen molar-refractivity contribution >= 4 is 23.2 Å². The summed E-state index contributed by atoms with van der Waals surface area (Å²) >= 11 is 0. The summed E-state index contributed by atoms with van der Waals surface area (Å²) in [5, 5.41) is 5.73. The van der Waals surface area contributed by atoms with Crippen LogP contribution in [0, 0.1) is 0 Å². The highest BCUT2D eigenvalue weighted by molar-refractivity contribution is 5.97. The number of benzene rings is 2. The van der Waals surface area contributed by atoms with Crippen LogP contribution in [-0.2, 0) is 9.53 Å². The van der Waals surface area contributed by atoms with E-state index >= 15 is 0 Å². The van der Waals surface area contributed by atoms with Crippen LogP contribution in [-0.4, -0.2) is 38.2 Å². The van der Waals surface area contributed by atoms with Gasteiger partial charge in [-0.05, 0) is 49.4 Å². The maximum atomic E-state index is 12.0. The van der Waals surface area contributed by atoms with Crippen LogP contribution >= 0.6 is 0 Å². The third-order valence-electron chi connectivity index (χ3n) is 3.44. The molecule has 0 aliphatic carbocycles. The lowest BCUT2D eigenvalue weighted by molar-refractivity contribution is -0.114. The van der Waals surface area contributed by atoms with Crippen molar-refractivity contribution in [2.45, 2.75) is 6.92 Å². The standard InChI is InChI=1S/C19H23N3O4/c1-2-25-10-11-26-17-8-6-15(7-9-17)21-13-18(23)22-16-5-3-4-14(12-16)19(20)24/h3-9,12,21H,2,10-11,13H2,1H3,(H2,20,24)(H,22,23). The number of hydrogen-bond donors (Lipinski definition) is 3. The van der Waals surface area contributed by atoms with Crippen LogP contribution in [0.15, 0.2) is 48.5 Å². The SMILES string of the molecule is CCOCCOc1ccc(NCC(=O)Nc2cccc(C(N)=O)c2)cc1. The minimum absolute atomic E-state index is 0.0886. The first-order valence-corrected chi connectivity index (χ1v) is 8.32. The van der Waals surface area contributed by atoms with Crippen molar-refractivity contribution in [1.82, 2.24) is 0 Å². The van der Waals surface area contributed by atoms with E-state index in [0.717, 1.165) is 11.4 Å². The van der Waals surface area contributed by atoms with E-state index in [9.17, 15) is 9.59 Å². The molecular formula is C19H23N3O4. The van der Waals surface area contributed by atoms with Crippen LogP contribution in [0.3, 0.4) is 0 Å². The van der Waals surface area contributed by atoms with E-state index in [-0.39, 0.29) is 12.5 Å². The molecule has 0 fully saturated rings. The molecule has 0 spiro atoms. The molecule has 0 atom stereocenters. The Morgan fingerprint density at radius 3 is 2.50 bits per heavy atom. The Kier molecular flexibility index (Phi) is 7.45. The van der Waals surface area contributed by atoms with Crippen LogP contribution in [0.4, 0.5) is 11.4 Å². The van der Waals surface area contributed by atoms with Crippen molar-refractivity contribution in [1.29, 1.82) is 0 Å². The lowest BCUT2D eigenvalue weighted by atomic mass is 10.2. The Morgan fingerprint density at radius 1 is 1.04 bits per heavy atom. The summed E-state index contributed by atoms with van der Waals surface area (Å²) in [6.07, 6.45) is 0. The number of nitrogens with two attached hydrogens (primary N) is 1. The zero-order chi connectivity index (χ0) is 18.8. The van der Waals surface area contributed by atoms with Gasteiger partial charge in [0.2, 0.25) is 11.8 Å². The van der Waals surface area contributed by atoms with Crippen molar-refractivity contribution < 1.29 is 19.1 Å². The predicted molar refractivity (Wildman–Crippen MR) is 101 cm³/mol. The number of primary amides is 1. The number of carbonyl (C=O) groups is 2. The summed E-state index contributed by atoms with van der Waals surface area (Å²) in [5.41, 5.74) is 6.88. The second-order valence-electron chi connectivity index (χ2n) is 5.42. The molecule has 0 aliphatic rings. The third-order valence-corrected chi connectivity index (χ3v) is 3.44. The summed E-state index contributed by atoms with van der Waals surface area (Å²) in [6, 6.07) is 13.8. The predicted octanol–water partition coefficient (Wildman–Crippen LogP) is 2.25. The van der Waals surface area contributed by atoms with Gasteiger partial charge < -0.3 is 25.8 Å². The van der Waals surface area contributed by atoms with Gasteiger partial charge >= 0.3 is 0 Å². The highest BCUT2D eigenvalue weighted by Crippen LogP contribution is 2.15. The molecule has 2 amide bonds. The van der Waals surface area contributed by atoms with Gasteiger partial charge in [-0.1, -0.05) is 6.07 Å². The van der Waals surface area contributed by atoms with Crippen molar-refractivity contribution in [3.8, 4) is 5.75 Å². The first-order valence-electron chi connectivity index (χ1n) is 8.32. The van der Waals surface area contributed by atoms with Gasteiger partial charge in [-0.3, -0.25) is 9.59 Å². The van der Waals surface area contributed by atoms with Crippen molar-refractivity contribution in [3.63, 3.8) is 0 Å². The van der Waals surface area contributed by atoms with Crippen LogP contribution in [0.25, 0.3) is 0 Å². The number of rotatable bonds is 10. The number of hydrogen-bond acceptors (Lipinski definition) is 5. The summed E-state index contributed by atoms with van der Waals surface area (Å²) in [7, 11) is 0. The zero-order valence-corrected chi connectivity index (χ0v) is 14.7. The van der Waals surface area contributed by atoms with Crippen molar-refractivity contribution in [2.75, 3.05) is 37.0 Å². The lowest BCUT2D eigenvalue weighted by Gasteiger charge is -2.10. The first kappa shape index (κ1) is 19.3. The molecule has 0 radical (unpaired) electrons. The summed E-state index contributed by atoms with van der Waals surface area (Å²) in [6.45, 7) is 3.73. The van der Waals surface area contributed by atoms with Gasteiger partial charge in [0.15, 0.2) is 0 Å². The normalized spacial score (nSPS) is 10.2. The van der Waals surface area contributed by atoms with E-state index in [1.54, 1.807) is 18.2 Å². The second kappa shape index (κ2) is 10.0. The molecule has 0 heterocycles. The molecule has 0 bridgehead atoms. The fourth-order valence-corrected chi connectivity index (χ4v) is 2.17. The molecule has 0 saturated carbocycles. The van der Waals surface area contributed by atoms with E-state index in [1.165, 1.54) is 6.07 Å². The molecule has 7 nitrogen and oxygen atoms in total. The molecular weight excluding hydrogens is 334 g/mol. The Morgan fingerprint density at radius 2 is 1.81 bits per heavy atom. The monoisotopic (exact) mass is 357 g/mol. The highest BCUT2D eigenvalue weighted by atomic mass is 16.5. The number of amides is 2. The minimum Gasteiger partial charge on any atom is -0.491 e. The second-order valence-corrected chi connectivity index (χ2v) is 5.42. The molecule has 4 N–H and O–H groups in total. The average Bonchev–Trinajstić information content (AvgIpc) is 2.65. The van der Waals surface area contributed by atoms with Gasteiger partial charge in [0.25, 0.3) is 0 Å². The lowest BCUT2D eigenvalue weighted by Crippen LogP contribution is -2.22. The molecule has 0 unspecified atom stereocenters. The summed E-state index contributed by atoms with van der Waals surface area (Å²) < 4.78 is 10.7.